The standard InChI is InChI=1S/C23H30N2O4/c1-6-15(2)21(25-22(26)17-10-8-7-9-11-17)23(27)24-16(3)19-14-18(28-4)12-13-20(19)29-5/h7-16,21H,6H2,1-5H3,(H,24,27)(H,25,26). The number of methoxy groups -OCH3 is 2. The van der Waals surface area contributed by atoms with Crippen LogP contribution in [0.5, 0.6) is 11.5 Å². The highest BCUT2D eigenvalue weighted by molar-refractivity contribution is 5.97. The molecule has 2 aromatic rings. The van der Waals surface area contributed by atoms with Gasteiger partial charge in [0.15, 0.2) is 0 Å². The maximum Gasteiger partial charge on any atom is 0.251 e. The molecule has 2 rings (SSSR count). The van der Waals surface area contributed by atoms with Crippen molar-refractivity contribution in [1.82, 2.24) is 10.6 Å². The van der Waals surface area contributed by atoms with Crippen LogP contribution in [0.3, 0.4) is 0 Å². The first-order valence-electron chi connectivity index (χ1n) is 9.79. The summed E-state index contributed by atoms with van der Waals surface area (Å²) < 4.78 is 10.7. The van der Waals surface area contributed by atoms with Crippen molar-refractivity contribution in [1.29, 1.82) is 0 Å². The second-order valence-corrected chi connectivity index (χ2v) is 7.04. The maximum absolute atomic E-state index is 13.1. The zero-order valence-electron chi connectivity index (χ0n) is 17.7. The van der Waals surface area contributed by atoms with Gasteiger partial charge < -0.3 is 20.1 Å². The van der Waals surface area contributed by atoms with Gasteiger partial charge in [-0.25, -0.2) is 0 Å². The summed E-state index contributed by atoms with van der Waals surface area (Å²) in [5, 5.41) is 5.89. The number of benzene rings is 2. The number of ether oxygens (including phenoxy) is 2. The van der Waals surface area contributed by atoms with E-state index in [1.165, 1.54) is 0 Å². The molecule has 0 aliphatic rings. The fourth-order valence-electron chi connectivity index (χ4n) is 3.07. The Balaban J connectivity index is 2.18. The summed E-state index contributed by atoms with van der Waals surface area (Å²) in [4.78, 5) is 25.6. The largest absolute Gasteiger partial charge is 0.497 e. The Morgan fingerprint density at radius 1 is 0.966 bits per heavy atom. The first kappa shape index (κ1) is 22.3. The Morgan fingerprint density at radius 2 is 1.66 bits per heavy atom. The molecular weight excluding hydrogens is 368 g/mol. The summed E-state index contributed by atoms with van der Waals surface area (Å²) >= 11 is 0. The fraction of sp³-hybridized carbons (Fsp3) is 0.391. The van der Waals surface area contributed by atoms with Crippen molar-refractivity contribution < 1.29 is 19.1 Å². The van der Waals surface area contributed by atoms with Crippen LogP contribution < -0.4 is 20.1 Å². The van der Waals surface area contributed by atoms with Gasteiger partial charge in [0.25, 0.3) is 5.91 Å². The van der Waals surface area contributed by atoms with E-state index in [9.17, 15) is 9.59 Å². The molecule has 0 saturated heterocycles. The Hall–Kier alpha value is -3.02. The zero-order chi connectivity index (χ0) is 21.4. The average Bonchev–Trinajstić information content (AvgIpc) is 2.76. The van der Waals surface area contributed by atoms with Crippen molar-refractivity contribution >= 4 is 11.8 Å². The van der Waals surface area contributed by atoms with Crippen LogP contribution in [0, 0.1) is 5.92 Å². The van der Waals surface area contributed by atoms with E-state index in [0.29, 0.717) is 17.1 Å². The van der Waals surface area contributed by atoms with E-state index >= 15 is 0 Å². The molecule has 156 valence electrons. The molecule has 0 aromatic heterocycles. The topological polar surface area (TPSA) is 76.7 Å². The van der Waals surface area contributed by atoms with Gasteiger partial charge in [0, 0.05) is 11.1 Å². The Morgan fingerprint density at radius 3 is 2.24 bits per heavy atom. The number of carbonyl (C=O) groups excluding carboxylic acids is 2. The van der Waals surface area contributed by atoms with Crippen LogP contribution >= 0.6 is 0 Å². The zero-order valence-corrected chi connectivity index (χ0v) is 17.7. The van der Waals surface area contributed by atoms with Crippen LogP contribution in [0.1, 0.15) is 49.2 Å². The van der Waals surface area contributed by atoms with Crippen molar-refractivity contribution in [2.24, 2.45) is 5.92 Å². The molecule has 0 fully saturated rings. The van der Waals surface area contributed by atoms with Gasteiger partial charge in [-0.05, 0) is 43.2 Å². The highest BCUT2D eigenvalue weighted by Crippen LogP contribution is 2.29. The molecular formula is C23H30N2O4. The van der Waals surface area contributed by atoms with E-state index in [1.807, 2.05) is 32.9 Å². The highest BCUT2D eigenvalue weighted by atomic mass is 16.5. The summed E-state index contributed by atoms with van der Waals surface area (Å²) in [5.74, 6) is 0.811. The predicted molar refractivity (Wildman–Crippen MR) is 113 cm³/mol. The molecule has 29 heavy (non-hydrogen) atoms. The number of nitrogens with one attached hydrogen (secondary N) is 2. The molecule has 6 nitrogen and oxygen atoms in total. The normalized spacial score (nSPS) is 13.7. The lowest BCUT2D eigenvalue weighted by Crippen LogP contribution is -2.50. The first-order chi connectivity index (χ1) is 13.9. The molecule has 0 bridgehead atoms. The second-order valence-electron chi connectivity index (χ2n) is 7.04. The molecule has 6 heteroatoms. The molecule has 0 heterocycles. The number of hydrogen-bond donors (Lipinski definition) is 2. The minimum atomic E-state index is -0.647. The summed E-state index contributed by atoms with van der Waals surface area (Å²) in [6.07, 6.45) is 0.754. The van der Waals surface area contributed by atoms with Gasteiger partial charge in [0.1, 0.15) is 17.5 Å². The van der Waals surface area contributed by atoms with Crippen molar-refractivity contribution in [3.63, 3.8) is 0 Å². The van der Waals surface area contributed by atoms with E-state index < -0.39 is 6.04 Å². The molecule has 0 spiro atoms. The van der Waals surface area contributed by atoms with Gasteiger partial charge in [-0.3, -0.25) is 9.59 Å². The third kappa shape index (κ3) is 5.73. The van der Waals surface area contributed by atoms with Gasteiger partial charge >= 0.3 is 0 Å². The SMILES string of the molecule is CCC(C)C(NC(=O)c1ccccc1)C(=O)NC(C)c1cc(OC)ccc1OC. The van der Waals surface area contributed by atoms with E-state index in [4.69, 9.17) is 9.47 Å². The van der Waals surface area contributed by atoms with Crippen LogP contribution in [0.4, 0.5) is 0 Å². The fourth-order valence-corrected chi connectivity index (χ4v) is 3.07. The molecule has 3 unspecified atom stereocenters. The quantitative estimate of drug-likeness (QED) is 0.675. The predicted octanol–water partition coefficient (Wildman–Crippen LogP) is 3.73. The lowest BCUT2D eigenvalue weighted by molar-refractivity contribution is -0.124. The Kier molecular flexibility index (Phi) is 8.07. The lowest BCUT2D eigenvalue weighted by atomic mass is 9.97. The van der Waals surface area contributed by atoms with Crippen LogP contribution in [0.2, 0.25) is 0 Å². The summed E-state index contributed by atoms with van der Waals surface area (Å²) in [7, 11) is 3.18. The molecule has 0 radical (unpaired) electrons. The molecule has 2 N–H and O–H groups in total. The number of rotatable bonds is 9. The lowest BCUT2D eigenvalue weighted by Gasteiger charge is -2.26. The average molecular weight is 399 g/mol. The Bertz CT molecular complexity index is 823. The second kappa shape index (κ2) is 10.5. The maximum atomic E-state index is 13.1. The van der Waals surface area contributed by atoms with Crippen LogP contribution in [0.15, 0.2) is 48.5 Å². The third-order valence-electron chi connectivity index (χ3n) is 5.08. The van der Waals surface area contributed by atoms with Crippen molar-refractivity contribution in [2.75, 3.05) is 14.2 Å². The minimum absolute atomic E-state index is 0.0259. The van der Waals surface area contributed by atoms with Crippen molar-refractivity contribution in [3.8, 4) is 11.5 Å². The molecule has 0 aliphatic heterocycles. The highest BCUT2D eigenvalue weighted by Gasteiger charge is 2.28. The van der Waals surface area contributed by atoms with Gasteiger partial charge in [0.05, 0.1) is 20.3 Å². The van der Waals surface area contributed by atoms with E-state index in [2.05, 4.69) is 10.6 Å². The minimum Gasteiger partial charge on any atom is -0.497 e. The van der Waals surface area contributed by atoms with Gasteiger partial charge in [-0.1, -0.05) is 38.5 Å². The molecule has 2 aromatic carbocycles. The van der Waals surface area contributed by atoms with Crippen molar-refractivity contribution in [2.45, 2.75) is 39.3 Å². The smallest absolute Gasteiger partial charge is 0.251 e. The molecule has 0 saturated carbocycles. The Labute approximate surface area is 172 Å². The van der Waals surface area contributed by atoms with E-state index in [1.54, 1.807) is 50.6 Å². The molecule has 2 amide bonds. The number of hydrogen-bond acceptors (Lipinski definition) is 4. The number of carbonyl (C=O) groups is 2. The molecule has 3 atom stereocenters. The summed E-state index contributed by atoms with van der Waals surface area (Å²) in [5.41, 5.74) is 1.33. The van der Waals surface area contributed by atoms with Gasteiger partial charge in [0.2, 0.25) is 5.91 Å². The van der Waals surface area contributed by atoms with Gasteiger partial charge in [-0.2, -0.15) is 0 Å². The van der Waals surface area contributed by atoms with Crippen LogP contribution in [-0.4, -0.2) is 32.1 Å². The first-order valence-corrected chi connectivity index (χ1v) is 9.79. The number of amides is 2. The van der Waals surface area contributed by atoms with Crippen LogP contribution in [-0.2, 0) is 4.79 Å². The van der Waals surface area contributed by atoms with E-state index in [-0.39, 0.29) is 23.8 Å². The summed E-state index contributed by atoms with van der Waals surface area (Å²) in [6, 6.07) is 13.4. The van der Waals surface area contributed by atoms with E-state index in [0.717, 1.165) is 12.0 Å². The van der Waals surface area contributed by atoms with Crippen LogP contribution in [0.25, 0.3) is 0 Å². The van der Waals surface area contributed by atoms with Gasteiger partial charge in [-0.15, -0.1) is 0 Å². The molecule has 0 aliphatic carbocycles. The third-order valence-corrected chi connectivity index (χ3v) is 5.08. The monoisotopic (exact) mass is 398 g/mol. The summed E-state index contributed by atoms with van der Waals surface area (Å²) in [6.45, 7) is 5.82. The van der Waals surface area contributed by atoms with Crippen molar-refractivity contribution in [3.05, 3.63) is 59.7 Å².